The monoisotopic (exact) mass is 599 g/mol. The number of aromatic nitrogens is 2. The molecule has 0 aliphatic carbocycles. The standard InChI is InChI=1S/C25H19F6N5O4S/c1-39-10-11-40-16-8-6-14(7-9-16)34-25-32-12-17(26)24(35-25)33-13-2-4-15(5-3-13)36-41(37,38)23-21(30)19(28)18(27)20(29)22(23)31/h2-9,12,36H,10-11H2,1H3,(H2,32,33,34,35). The molecule has 3 aromatic carbocycles. The molecule has 0 amide bonds. The van der Waals surface area contributed by atoms with Crippen LogP contribution in [0.3, 0.4) is 0 Å². The maximum Gasteiger partial charge on any atom is 0.267 e. The van der Waals surface area contributed by atoms with Gasteiger partial charge in [0.2, 0.25) is 11.8 Å². The molecule has 216 valence electrons. The van der Waals surface area contributed by atoms with Gasteiger partial charge in [0.15, 0.2) is 39.8 Å². The van der Waals surface area contributed by atoms with Crippen molar-refractivity contribution < 1.29 is 44.2 Å². The molecule has 9 nitrogen and oxygen atoms in total. The summed E-state index contributed by atoms with van der Waals surface area (Å²) in [6.45, 7) is 0.799. The SMILES string of the molecule is COCCOc1ccc(Nc2ncc(F)c(Nc3ccc(NS(=O)(=O)c4c(F)c(F)c(F)c(F)c4F)cc3)n2)cc1. The zero-order valence-electron chi connectivity index (χ0n) is 20.8. The molecule has 0 aliphatic rings. The van der Waals surface area contributed by atoms with Crippen molar-refractivity contribution in [2.24, 2.45) is 0 Å². The van der Waals surface area contributed by atoms with E-state index in [2.05, 4.69) is 20.6 Å². The molecule has 0 bridgehead atoms. The van der Waals surface area contributed by atoms with Crippen LogP contribution in [-0.2, 0) is 14.8 Å². The predicted molar refractivity (Wildman–Crippen MR) is 136 cm³/mol. The van der Waals surface area contributed by atoms with Crippen LogP contribution in [0.4, 0.5) is 55.2 Å². The third-order valence-electron chi connectivity index (χ3n) is 5.25. The van der Waals surface area contributed by atoms with Crippen LogP contribution < -0.4 is 20.1 Å². The molecule has 1 heterocycles. The van der Waals surface area contributed by atoms with Gasteiger partial charge in [-0.1, -0.05) is 0 Å². The summed E-state index contributed by atoms with van der Waals surface area (Å²) in [4.78, 5) is 5.90. The lowest BCUT2D eigenvalue weighted by Gasteiger charge is -2.13. The minimum atomic E-state index is -5.23. The van der Waals surface area contributed by atoms with Crippen LogP contribution in [0.25, 0.3) is 0 Å². The molecule has 16 heteroatoms. The van der Waals surface area contributed by atoms with Crippen LogP contribution in [0.1, 0.15) is 0 Å². The van der Waals surface area contributed by atoms with Crippen LogP contribution in [0, 0.1) is 34.9 Å². The van der Waals surface area contributed by atoms with Gasteiger partial charge in [-0.25, -0.2) is 39.7 Å². The zero-order valence-corrected chi connectivity index (χ0v) is 21.6. The third kappa shape index (κ3) is 6.78. The highest BCUT2D eigenvalue weighted by molar-refractivity contribution is 7.92. The first-order valence-corrected chi connectivity index (χ1v) is 12.9. The molecule has 0 unspecified atom stereocenters. The topological polar surface area (TPSA) is 114 Å². The van der Waals surface area contributed by atoms with Crippen molar-refractivity contribution in [3.63, 3.8) is 0 Å². The maximum atomic E-state index is 14.4. The molecule has 3 N–H and O–H groups in total. The lowest BCUT2D eigenvalue weighted by molar-refractivity contribution is 0.146. The number of rotatable bonds is 11. The number of methoxy groups -OCH3 is 1. The highest BCUT2D eigenvalue weighted by atomic mass is 32.2. The molecule has 0 saturated carbocycles. The molecule has 0 aliphatic heterocycles. The fourth-order valence-electron chi connectivity index (χ4n) is 3.31. The molecule has 0 atom stereocenters. The van der Waals surface area contributed by atoms with Gasteiger partial charge in [0, 0.05) is 24.2 Å². The minimum absolute atomic E-state index is 0.0362. The van der Waals surface area contributed by atoms with Gasteiger partial charge in [-0.2, -0.15) is 4.98 Å². The number of ether oxygens (including phenoxy) is 2. The number of anilines is 5. The van der Waals surface area contributed by atoms with Gasteiger partial charge in [-0.15, -0.1) is 0 Å². The molecule has 1 aromatic heterocycles. The van der Waals surface area contributed by atoms with Crippen molar-refractivity contribution in [1.29, 1.82) is 0 Å². The molecule has 4 rings (SSSR count). The summed E-state index contributed by atoms with van der Waals surface area (Å²) in [5, 5.41) is 5.56. The van der Waals surface area contributed by atoms with Crippen molar-refractivity contribution in [3.8, 4) is 5.75 Å². The third-order valence-corrected chi connectivity index (χ3v) is 6.65. The van der Waals surface area contributed by atoms with E-state index >= 15 is 0 Å². The number of hydrogen-bond donors (Lipinski definition) is 3. The van der Waals surface area contributed by atoms with E-state index in [0.29, 0.717) is 24.7 Å². The Kier molecular flexibility index (Phi) is 8.83. The molecule has 4 aromatic rings. The van der Waals surface area contributed by atoms with E-state index in [1.807, 2.05) is 0 Å². The number of benzene rings is 3. The van der Waals surface area contributed by atoms with Gasteiger partial charge < -0.3 is 20.1 Å². The summed E-state index contributed by atoms with van der Waals surface area (Å²) in [5.41, 5.74) is 0.483. The Morgan fingerprint density at radius 2 is 1.27 bits per heavy atom. The van der Waals surface area contributed by atoms with Gasteiger partial charge in [-0.05, 0) is 48.5 Å². The number of nitrogens with zero attached hydrogens (tertiary/aromatic N) is 2. The summed E-state index contributed by atoms with van der Waals surface area (Å²) in [6.07, 6.45) is 0.909. The first-order chi connectivity index (χ1) is 19.5. The summed E-state index contributed by atoms with van der Waals surface area (Å²) < 4.78 is 119. The fraction of sp³-hybridized carbons (Fsp3) is 0.120. The lowest BCUT2D eigenvalue weighted by atomic mass is 10.3. The first kappa shape index (κ1) is 29.4. The van der Waals surface area contributed by atoms with E-state index in [-0.39, 0.29) is 23.1 Å². The van der Waals surface area contributed by atoms with E-state index in [1.54, 1.807) is 36.1 Å². The highest BCUT2D eigenvalue weighted by Crippen LogP contribution is 2.29. The average Bonchev–Trinajstić information content (AvgIpc) is 2.94. The number of hydrogen-bond acceptors (Lipinski definition) is 8. The van der Waals surface area contributed by atoms with Gasteiger partial charge in [0.25, 0.3) is 10.0 Å². The van der Waals surface area contributed by atoms with Crippen molar-refractivity contribution in [3.05, 3.63) is 89.6 Å². The first-order valence-electron chi connectivity index (χ1n) is 11.4. The number of sulfonamides is 1. The molecule has 41 heavy (non-hydrogen) atoms. The molecular formula is C25H19F6N5O4S. The van der Waals surface area contributed by atoms with Crippen LogP contribution in [-0.4, -0.2) is 38.7 Å². The summed E-state index contributed by atoms with van der Waals surface area (Å²) >= 11 is 0. The largest absolute Gasteiger partial charge is 0.491 e. The van der Waals surface area contributed by atoms with E-state index < -0.39 is 49.8 Å². The molecule has 0 radical (unpaired) electrons. The van der Waals surface area contributed by atoms with E-state index in [9.17, 15) is 34.8 Å². The van der Waals surface area contributed by atoms with Crippen molar-refractivity contribution in [2.75, 3.05) is 35.7 Å². The van der Waals surface area contributed by atoms with Crippen LogP contribution in [0.5, 0.6) is 5.75 Å². The molecule has 0 spiro atoms. The second kappa shape index (κ2) is 12.3. The Balaban J connectivity index is 1.46. The van der Waals surface area contributed by atoms with Gasteiger partial charge in [0.05, 0.1) is 12.8 Å². The highest BCUT2D eigenvalue weighted by Gasteiger charge is 2.33. The maximum absolute atomic E-state index is 14.4. The minimum Gasteiger partial charge on any atom is -0.491 e. The Hall–Kier alpha value is -4.57. The smallest absolute Gasteiger partial charge is 0.267 e. The molecule has 0 saturated heterocycles. The Labute approximate surface area is 229 Å². The predicted octanol–water partition coefficient (Wildman–Crippen LogP) is 5.62. The van der Waals surface area contributed by atoms with Gasteiger partial charge in [-0.3, -0.25) is 4.72 Å². The summed E-state index contributed by atoms with van der Waals surface area (Å²) in [7, 11) is -3.67. The Morgan fingerprint density at radius 3 is 1.88 bits per heavy atom. The van der Waals surface area contributed by atoms with Crippen LogP contribution in [0.15, 0.2) is 59.6 Å². The fourth-order valence-corrected chi connectivity index (χ4v) is 4.51. The number of nitrogens with one attached hydrogen (secondary N) is 3. The average molecular weight is 600 g/mol. The van der Waals surface area contributed by atoms with Crippen molar-refractivity contribution >= 4 is 38.9 Å². The van der Waals surface area contributed by atoms with Crippen molar-refractivity contribution in [2.45, 2.75) is 4.90 Å². The normalized spacial score (nSPS) is 11.3. The van der Waals surface area contributed by atoms with E-state index in [0.717, 1.165) is 18.3 Å². The summed E-state index contributed by atoms with van der Waals surface area (Å²) in [5.74, 6) is -12.8. The van der Waals surface area contributed by atoms with E-state index in [4.69, 9.17) is 9.47 Å². The quantitative estimate of drug-likeness (QED) is 0.0881. The second-order valence-corrected chi connectivity index (χ2v) is 9.71. The molecule has 0 fully saturated rings. The zero-order chi connectivity index (χ0) is 29.7. The second-order valence-electron chi connectivity index (χ2n) is 8.09. The lowest BCUT2D eigenvalue weighted by Crippen LogP contribution is -2.19. The van der Waals surface area contributed by atoms with Crippen LogP contribution >= 0.6 is 0 Å². The van der Waals surface area contributed by atoms with E-state index in [1.165, 1.54) is 12.1 Å². The molecular weight excluding hydrogens is 580 g/mol. The summed E-state index contributed by atoms with van der Waals surface area (Å²) in [6, 6.07) is 11.5. The number of halogens is 6. The Morgan fingerprint density at radius 1 is 0.732 bits per heavy atom. The van der Waals surface area contributed by atoms with Crippen molar-refractivity contribution in [1.82, 2.24) is 9.97 Å². The van der Waals surface area contributed by atoms with Gasteiger partial charge in [0.1, 0.15) is 12.4 Å². The van der Waals surface area contributed by atoms with Crippen LogP contribution in [0.2, 0.25) is 0 Å². The van der Waals surface area contributed by atoms with Gasteiger partial charge >= 0.3 is 0 Å². The Bertz CT molecular complexity index is 1630.